The number of benzene rings is 1. The minimum absolute atomic E-state index is 0.0473. The summed E-state index contributed by atoms with van der Waals surface area (Å²) >= 11 is 0. The third kappa shape index (κ3) is 3.42. The van der Waals surface area contributed by atoms with Crippen molar-refractivity contribution in [2.45, 2.75) is 13.5 Å². The average Bonchev–Trinajstić information content (AvgIpc) is 3.17. The fourth-order valence-corrected chi connectivity index (χ4v) is 3.77. The van der Waals surface area contributed by atoms with E-state index < -0.39 is 11.4 Å². The number of aliphatic hydroxyl groups excluding tert-OH is 1. The summed E-state index contributed by atoms with van der Waals surface area (Å²) in [6.45, 7) is 1.33. The number of hydrogen-bond acceptors (Lipinski definition) is 8. The van der Waals surface area contributed by atoms with Crippen LogP contribution in [0.2, 0.25) is 0 Å². The van der Waals surface area contributed by atoms with Crippen molar-refractivity contribution < 1.29 is 9.50 Å². The third-order valence-corrected chi connectivity index (χ3v) is 5.28. The van der Waals surface area contributed by atoms with E-state index in [1.807, 2.05) is 0 Å². The van der Waals surface area contributed by atoms with Crippen molar-refractivity contribution in [3.05, 3.63) is 76.1 Å². The Hall–Kier alpha value is -4.69. The molecule has 0 spiro atoms. The molecule has 4 aromatic heterocycles. The van der Waals surface area contributed by atoms with Gasteiger partial charge in [-0.15, -0.1) is 0 Å². The van der Waals surface area contributed by atoms with Gasteiger partial charge in [-0.2, -0.15) is 5.10 Å². The molecule has 5 aromatic rings. The van der Waals surface area contributed by atoms with Crippen LogP contribution in [-0.4, -0.2) is 46.0 Å². The van der Waals surface area contributed by atoms with Gasteiger partial charge in [-0.25, -0.2) is 29.0 Å². The molecule has 0 radical (unpaired) electrons. The van der Waals surface area contributed by atoms with Gasteiger partial charge in [-0.1, -0.05) is 18.1 Å². The lowest BCUT2D eigenvalue weighted by Gasteiger charge is -2.15. The Morgan fingerprint density at radius 1 is 1.15 bits per heavy atom. The minimum atomic E-state index is -0.583. The highest BCUT2D eigenvalue weighted by Gasteiger charge is 2.20. The summed E-state index contributed by atoms with van der Waals surface area (Å²) in [5.41, 5.74) is 7.13. The van der Waals surface area contributed by atoms with Gasteiger partial charge in [0.2, 0.25) is 0 Å². The molecule has 0 bridgehead atoms. The zero-order chi connectivity index (χ0) is 23.8. The van der Waals surface area contributed by atoms with Crippen molar-refractivity contribution in [1.82, 2.24) is 34.3 Å². The number of fused-ring (bicyclic) bond motifs is 2. The van der Waals surface area contributed by atoms with Crippen LogP contribution >= 0.6 is 0 Å². The molecule has 0 fully saturated rings. The lowest BCUT2D eigenvalue weighted by molar-refractivity contribution is 0.350. The lowest BCUT2D eigenvalue weighted by Crippen LogP contribution is -2.27. The summed E-state index contributed by atoms with van der Waals surface area (Å²) in [6, 6.07) is 7.64. The number of aryl methyl sites for hydroxylation is 1. The van der Waals surface area contributed by atoms with Crippen molar-refractivity contribution in [3.8, 4) is 17.5 Å². The fraction of sp³-hybridized carbons (Fsp3) is 0.130. The normalized spacial score (nSPS) is 11.0. The molecule has 4 heterocycles. The second kappa shape index (κ2) is 8.34. The molecule has 5 rings (SSSR count). The first-order valence-electron chi connectivity index (χ1n) is 10.2. The molecule has 0 aliphatic rings. The van der Waals surface area contributed by atoms with Gasteiger partial charge >= 0.3 is 0 Å². The first-order valence-corrected chi connectivity index (χ1v) is 10.2. The number of aromatic nitrogens is 7. The molecule has 0 aliphatic heterocycles. The predicted molar refractivity (Wildman–Crippen MR) is 123 cm³/mol. The maximum atomic E-state index is 14.8. The number of aliphatic hydroxyl groups is 1. The molecular formula is C23H17FN8O2. The quantitative estimate of drug-likeness (QED) is 0.388. The van der Waals surface area contributed by atoms with Crippen LogP contribution in [0.1, 0.15) is 17.1 Å². The molecule has 3 N–H and O–H groups in total. The van der Waals surface area contributed by atoms with E-state index in [1.54, 1.807) is 25.3 Å². The van der Waals surface area contributed by atoms with Crippen LogP contribution in [0.5, 0.6) is 0 Å². The Balaban J connectivity index is 1.80. The first kappa shape index (κ1) is 21.2. The van der Waals surface area contributed by atoms with Crippen LogP contribution in [0.15, 0.2) is 47.7 Å². The Morgan fingerprint density at radius 3 is 2.76 bits per heavy atom. The van der Waals surface area contributed by atoms with E-state index in [2.05, 4.69) is 36.9 Å². The maximum absolute atomic E-state index is 14.8. The molecule has 0 amide bonds. The number of hydrogen-bond donors (Lipinski definition) is 2. The number of para-hydroxylation sites is 1. The molecule has 0 saturated heterocycles. The highest BCUT2D eigenvalue weighted by molar-refractivity contribution is 5.90. The summed E-state index contributed by atoms with van der Waals surface area (Å²) in [4.78, 5) is 30.6. The second-order valence-electron chi connectivity index (χ2n) is 7.37. The predicted octanol–water partition coefficient (Wildman–Crippen LogP) is 1.34. The smallest absolute Gasteiger partial charge is 0.268 e. The van der Waals surface area contributed by atoms with Crippen molar-refractivity contribution in [1.29, 1.82) is 0 Å². The molecule has 0 aliphatic carbocycles. The van der Waals surface area contributed by atoms with Gasteiger partial charge < -0.3 is 10.8 Å². The number of nitrogens with zero attached hydrogens (tertiary/aromatic N) is 7. The zero-order valence-corrected chi connectivity index (χ0v) is 17.9. The monoisotopic (exact) mass is 456 g/mol. The van der Waals surface area contributed by atoms with Gasteiger partial charge in [-0.05, 0) is 36.6 Å². The summed E-state index contributed by atoms with van der Waals surface area (Å²) in [5.74, 6) is 5.03. The zero-order valence-electron chi connectivity index (χ0n) is 17.9. The van der Waals surface area contributed by atoms with E-state index in [9.17, 15) is 9.18 Å². The Morgan fingerprint density at radius 2 is 1.97 bits per heavy atom. The van der Waals surface area contributed by atoms with E-state index in [0.29, 0.717) is 22.0 Å². The molecule has 0 atom stereocenters. The third-order valence-electron chi connectivity index (χ3n) is 5.28. The van der Waals surface area contributed by atoms with Crippen molar-refractivity contribution >= 4 is 27.9 Å². The number of halogens is 1. The van der Waals surface area contributed by atoms with Gasteiger partial charge in [0.25, 0.3) is 5.56 Å². The number of pyridine rings is 1. The number of anilines is 1. The van der Waals surface area contributed by atoms with Crippen LogP contribution in [0.4, 0.5) is 10.2 Å². The van der Waals surface area contributed by atoms with Gasteiger partial charge in [0.15, 0.2) is 11.3 Å². The number of nitrogen functional groups attached to an aromatic ring is 1. The van der Waals surface area contributed by atoms with E-state index in [4.69, 9.17) is 10.8 Å². The van der Waals surface area contributed by atoms with E-state index in [0.717, 1.165) is 0 Å². The minimum Gasteiger partial charge on any atom is -0.384 e. The van der Waals surface area contributed by atoms with Crippen molar-refractivity contribution in [2.75, 3.05) is 12.3 Å². The number of nitrogens with two attached hydrogens (primary N) is 1. The number of rotatable bonds is 3. The van der Waals surface area contributed by atoms with Crippen LogP contribution < -0.4 is 11.3 Å². The van der Waals surface area contributed by atoms with Gasteiger partial charge in [0, 0.05) is 6.20 Å². The van der Waals surface area contributed by atoms with Gasteiger partial charge in [0.05, 0.1) is 16.5 Å². The molecule has 168 valence electrons. The molecule has 0 unspecified atom stereocenters. The standard InChI is InChI=1S/C23H17FN8O2/c1-13-8-9-26-21-18(13)23(34)32(16-7-3-2-5-14(16)24)17(29-21)11-31-22-19(20(25)27-12-28-22)15(30-31)6-4-10-33/h2-3,5,7-9,12,33H,10-11H2,1H3,(H2,25,27,28). The molecular weight excluding hydrogens is 439 g/mol. The summed E-state index contributed by atoms with van der Waals surface area (Å²) in [7, 11) is 0. The van der Waals surface area contributed by atoms with Gasteiger partial charge in [-0.3, -0.25) is 9.36 Å². The largest absolute Gasteiger partial charge is 0.384 e. The van der Waals surface area contributed by atoms with Crippen molar-refractivity contribution in [2.24, 2.45) is 0 Å². The van der Waals surface area contributed by atoms with Crippen LogP contribution in [-0.2, 0) is 6.54 Å². The molecule has 34 heavy (non-hydrogen) atoms. The Kier molecular flexibility index (Phi) is 5.19. The van der Waals surface area contributed by atoms with E-state index in [1.165, 1.54) is 33.8 Å². The second-order valence-corrected chi connectivity index (χ2v) is 7.37. The highest BCUT2D eigenvalue weighted by atomic mass is 19.1. The summed E-state index contributed by atoms with van der Waals surface area (Å²) in [6.07, 6.45) is 2.84. The van der Waals surface area contributed by atoms with E-state index in [-0.39, 0.29) is 41.8 Å². The molecule has 10 nitrogen and oxygen atoms in total. The average molecular weight is 456 g/mol. The molecule has 11 heteroatoms. The first-order chi connectivity index (χ1) is 16.5. The van der Waals surface area contributed by atoms with Gasteiger partial charge in [0.1, 0.15) is 42.6 Å². The lowest BCUT2D eigenvalue weighted by atomic mass is 10.2. The Bertz CT molecular complexity index is 1700. The van der Waals surface area contributed by atoms with E-state index >= 15 is 0 Å². The topological polar surface area (TPSA) is 138 Å². The van der Waals surface area contributed by atoms with Crippen LogP contribution in [0.3, 0.4) is 0 Å². The van der Waals surface area contributed by atoms with Crippen LogP contribution in [0, 0.1) is 24.6 Å². The SMILES string of the molecule is Cc1ccnc2nc(Cn3nc(C#CCO)c4c(N)ncnc43)n(-c3ccccc3F)c(=O)c12. The summed E-state index contributed by atoms with van der Waals surface area (Å²) < 4.78 is 17.5. The van der Waals surface area contributed by atoms with Crippen molar-refractivity contribution in [3.63, 3.8) is 0 Å². The summed E-state index contributed by atoms with van der Waals surface area (Å²) in [5, 5.41) is 14.2. The fourth-order valence-electron chi connectivity index (χ4n) is 3.77. The highest BCUT2D eigenvalue weighted by Crippen LogP contribution is 2.23. The molecule has 1 aromatic carbocycles. The molecule has 0 saturated carbocycles. The maximum Gasteiger partial charge on any atom is 0.268 e. The Labute approximate surface area is 191 Å². The van der Waals surface area contributed by atoms with Crippen LogP contribution in [0.25, 0.3) is 27.8 Å².